The van der Waals surface area contributed by atoms with Crippen LogP contribution in [-0.2, 0) is 4.74 Å². The number of hydrogen-bond donors (Lipinski definition) is 2. The molecule has 3 heterocycles. The van der Waals surface area contributed by atoms with Gasteiger partial charge in [-0.15, -0.1) is 0 Å². The highest BCUT2D eigenvalue weighted by Crippen LogP contribution is 2.38. The topological polar surface area (TPSA) is 75.8 Å². The van der Waals surface area contributed by atoms with Gasteiger partial charge in [0.1, 0.15) is 12.3 Å². The number of amidine groups is 1. The SMILES string of the molecule is CCCC(O)[C@H]1CN(c2cccc3c2OCC2=NC=C[NH+]23)C(=O)O1. The predicted octanol–water partition coefficient (Wildman–Crippen LogP) is 0.965. The second-order valence-corrected chi connectivity index (χ2v) is 6.14. The van der Waals surface area contributed by atoms with Crippen molar-refractivity contribution in [1.29, 1.82) is 0 Å². The molecule has 7 heteroatoms. The monoisotopic (exact) mass is 330 g/mol. The molecule has 0 spiro atoms. The number of quaternary nitrogens is 1. The van der Waals surface area contributed by atoms with Gasteiger partial charge in [0, 0.05) is 6.07 Å². The maximum atomic E-state index is 12.3. The van der Waals surface area contributed by atoms with E-state index in [1.807, 2.05) is 31.3 Å². The van der Waals surface area contributed by atoms with Crippen LogP contribution in [0.15, 0.2) is 35.6 Å². The molecule has 1 fully saturated rings. The molecule has 0 saturated carbocycles. The lowest BCUT2D eigenvalue weighted by molar-refractivity contribution is -0.669. The largest absolute Gasteiger partial charge is 0.473 e. The lowest BCUT2D eigenvalue weighted by atomic mass is 10.1. The lowest BCUT2D eigenvalue weighted by Gasteiger charge is -2.25. The summed E-state index contributed by atoms with van der Waals surface area (Å²) in [4.78, 5) is 19.2. The Morgan fingerprint density at radius 3 is 3.21 bits per heavy atom. The van der Waals surface area contributed by atoms with Gasteiger partial charge in [0.2, 0.25) is 11.6 Å². The average molecular weight is 330 g/mol. The van der Waals surface area contributed by atoms with E-state index in [0.717, 1.165) is 22.8 Å². The second-order valence-electron chi connectivity index (χ2n) is 6.14. The molecule has 3 aliphatic rings. The molecule has 0 radical (unpaired) electrons. The summed E-state index contributed by atoms with van der Waals surface area (Å²) < 4.78 is 11.2. The highest BCUT2D eigenvalue weighted by molar-refractivity contribution is 5.94. The van der Waals surface area contributed by atoms with Crippen LogP contribution < -0.4 is 14.5 Å². The van der Waals surface area contributed by atoms with Crippen molar-refractivity contribution in [3.63, 3.8) is 0 Å². The predicted molar refractivity (Wildman–Crippen MR) is 87.7 cm³/mol. The molecule has 7 nitrogen and oxygen atoms in total. The summed E-state index contributed by atoms with van der Waals surface area (Å²) in [5, 5.41) is 10.1. The minimum atomic E-state index is -0.643. The van der Waals surface area contributed by atoms with Gasteiger partial charge in [0.15, 0.2) is 12.3 Å². The molecule has 2 N–H and O–H groups in total. The van der Waals surface area contributed by atoms with Gasteiger partial charge in [0.25, 0.3) is 0 Å². The molecule has 0 aromatic heterocycles. The van der Waals surface area contributed by atoms with Crippen LogP contribution in [0.25, 0.3) is 0 Å². The summed E-state index contributed by atoms with van der Waals surface area (Å²) in [6.45, 7) is 2.70. The van der Waals surface area contributed by atoms with E-state index in [9.17, 15) is 9.90 Å². The van der Waals surface area contributed by atoms with Crippen LogP contribution in [-0.4, -0.2) is 42.4 Å². The number of nitrogens with zero attached hydrogens (tertiary/aromatic N) is 2. The van der Waals surface area contributed by atoms with Gasteiger partial charge in [-0.25, -0.2) is 9.69 Å². The highest BCUT2D eigenvalue weighted by Gasteiger charge is 2.40. The summed E-state index contributed by atoms with van der Waals surface area (Å²) >= 11 is 0. The van der Waals surface area contributed by atoms with Gasteiger partial charge in [-0.1, -0.05) is 19.4 Å². The van der Waals surface area contributed by atoms with E-state index in [0.29, 0.717) is 31.0 Å². The second kappa shape index (κ2) is 5.92. The molecular formula is C17H20N3O4+. The standard InChI is InChI=1S/C17H19N3O4/c1-2-4-13(21)14-9-20(17(22)24-14)12-6-3-5-11-16(12)23-10-15-18-7-8-19(11)15/h3,5-8,13-14,21H,2,4,9-10H2,1H3/p+1/t13?,14-/m1/s1. The minimum Gasteiger partial charge on any atom is -0.473 e. The van der Waals surface area contributed by atoms with Crippen molar-refractivity contribution >= 4 is 23.3 Å². The summed E-state index contributed by atoms with van der Waals surface area (Å²) in [5.74, 6) is 1.57. The number of aliphatic imine (C=N–C) groups is 1. The first-order chi connectivity index (χ1) is 11.7. The Kier molecular flexibility index (Phi) is 3.74. The third-order valence-electron chi connectivity index (χ3n) is 4.56. The van der Waals surface area contributed by atoms with Crippen molar-refractivity contribution in [3.8, 4) is 5.75 Å². The quantitative estimate of drug-likeness (QED) is 0.862. The Balaban J connectivity index is 1.64. The first-order valence-electron chi connectivity index (χ1n) is 8.22. The van der Waals surface area contributed by atoms with E-state index >= 15 is 0 Å². The highest BCUT2D eigenvalue weighted by atomic mass is 16.6. The molecule has 24 heavy (non-hydrogen) atoms. The molecule has 1 amide bonds. The number of benzene rings is 1. The first kappa shape index (κ1) is 15.2. The van der Waals surface area contributed by atoms with Crippen LogP contribution in [0.4, 0.5) is 16.2 Å². The zero-order valence-electron chi connectivity index (χ0n) is 13.4. The van der Waals surface area contributed by atoms with Crippen LogP contribution in [0, 0.1) is 0 Å². The molecule has 126 valence electrons. The number of aliphatic hydroxyl groups is 1. The van der Waals surface area contributed by atoms with Gasteiger partial charge < -0.3 is 14.6 Å². The fourth-order valence-electron chi connectivity index (χ4n) is 3.33. The van der Waals surface area contributed by atoms with Crippen LogP contribution >= 0.6 is 0 Å². The molecule has 1 saturated heterocycles. The van der Waals surface area contributed by atoms with Crippen LogP contribution in [0.2, 0.25) is 0 Å². The summed E-state index contributed by atoms with van der Waals surface area (Å²) in [5.41, 5.74) is 1.60. The zero-order chi connectivity index (χ0) is 16.7. The molecule has 1 aromatic rings. The summed E-state index contributed by atoms with van der Waals surface area (Å²) in [7, 11) is 0. The number of amides is 1. The number of fused-ring (bicyclic) bond motifs is 3. The van der Waals surface area contributed by atoms with E-state index in [-0.39, 0.29) is 0 Å². The number of para-hydroxylation sites is 1. The number of ether oxygens (including phenoxy) is 2. The Morgan fingerprint density at radius 1 is 1.50 bits per heavy atom. The average Bonchev–Trinajstić information content (AvgIpc) is 3.21. The molecule has 3 aliphatic heterocycles. The number of hydrogen-bond acceptors (Lipinski definition) is 5. The fourth-order valence-corrected chi connectivity index (χ4v) is 3.33. The number of carbonyl (C=O) groups excluding carboxylic acids is 1. The number of rotatable bonds is 4. The maximum absolute atomic E-state index is 12.3. The maximum Gasteiger partial charge on any atom is 0.414 e. The van der Waals surface area contributed by atoms with Crippen molar-refractivity contribution in [3.05, 3.63) is 30.6 Å². The molecule has 4 rings (SSSR count). The van der Waals surface area contributed by atoms with E-state index in [1.54, 1.807) is 11.1 Å². The van der Waals surface area contributed by atoms with Crippen molar-refractivity contribution in [2.45, 2.75) is 32.0 Å². The van der Waals surface area contributed by atoms with Gasteiger partial charge in [-0.2, -0.15) is 4.99 Å². The third kappa shape index (κ3) is 2.37. The van der Waals surface area contributed by atoms with Crippen molar-refractivity contribution in [1.82, 2.24) is 0 Å². The Labute approximate surface area is 139 Å². The number of aliphatic hydroxyl groups excluding tert-OH is 1. The van der Waals surface area contributed by atoms with Gasteiger partial charge in [0.05, 0.1) is 24.5 Å². The Hall–Kier alpha value is -2.38. The molecular weight excluding hydrogens is 310 g/mol. The van der Waals surface area contributed by atoms with E-state index in [4.69, 9.17) is 9.47 Å². The Morgan fingerprint density at radius 2 is 2.38 bits per heavy atom. The number of nitrogens with one attached hydrogen (secondary N) is 1. The molecule has 0 aliphatic carbocycles. The van der Waals surface area contributed by atoms with Crippen molar-refractivity contribution in [2.75, 3.05) is 18.1 Å². The van der Waals surface area contributed by atoms with Crippen LogP contribution in [0.1, 0.15) is 19.8 Å². The smallest absolute Gasteiger partial charge is 0.414 e. The van der Waals surface area contributed by atoms with Crippen molar-refractivity contribution in [2.24, 2.45) is 4.99 Å². The summed E-state index contributed by atoms with van der Waals surface area (Å²) in [6.07, 6.45) is 3.57. The van der Waals surface area contributed by atoms with E-state index in [1.165, 1.54) is 0 Å². The summed E-state index contributed by atoms with van der Waals surface area (Å²) in [6, 6.07) is 5.70. The number of cyclic esters (lactones) is 1. The Bertz CT molecular complexity index is 731. The van der Waals surface area contributed by atoms with Crippen LogP contribution in [0.5, 0.6) is 5.75 Å². The van der Waals surface area contributed by atoms with E-state index in [2.05, 4.69) is 4.99 Å². The third-order valence-corrected chi connectivity index (χ3v) is 4.56. The molecule has 1 aromatic carbocycles. The lowest BCUT2D eigenvalue weighted by Crippen LogP contribution is -3.06. The van der Waals surface area contributed by atoms with Crippen molar-refractivity contribution < 1.29 is 24.3 Å². The molecule has 0 bridgehead atoms. The molecule has 3 atom stereocenters. The van der Waals surface area contributed by atoms with Gasteiger partial charge >= 0.3 is 6.09 Å². The minimum absolute atomic E-state index is 0.325. The normalized spacial score (nSPS) is 25.7. The molecule has 2 unspecified atom stereocenters. The van der Waals surface area contributed by atoms with Crippen LogP contribution in [0.3, 0.4) is 0 Å². The number of carbonyl (C=O) groups is 1. The number of anilines is 1. The fraction of sp³-hybridized carbons (Fsp3) is 0.412. The first-order valence-corrected chi connectivity index (χ1v) is 8.22. The van der Waals surface area contributed by atoms with Gasteiger partial charge in [-0.05, 0) is 12.5 Å². The van der Waals surface area contributed by atoms with Gasteiger partial charge in [-0.3, -0.25) is 4.90 Å². The zero-order valence-corrected chi connectivity index (χ0v) is 13.4. The van der Waals surface area contributed by atoms with E-state index < -0.39 is 18.3 Å².